The Morgan fingerprint density at radius 2 is 0.964 bits per heavy atom. The number of benzene rings is 5. The van der Waals surface area contributed by atoms with E-state index >= 15 is 0 Å². The monoisotopic (exact) mass is 374 g/mol. The van der Waals surface area contributed by atoms with Crippen LogP contribution in [0.5, 0.6) is 0 Å². The molecule has 1 heterocycles. The molecular weight excluding hydrogens is 356 g/mol. The van der Waals surface area contributed by atoms with Crippen molar-refractivity contribution in [3.05, 3.63) is 120 Å². The number of rotatable bonds is 1. The third kappa shape index (κ3) is 2.33. The molecule has 1 aliphatic rings. The molecule has 0 aromatic heterocycles. The van der Waals surface area contributed by atoms with Gasteiger partial charge < -0.3 is 0 Å². The minimum Gasteiger partial charge on any atom is -0.0894 e. The first kappa shape index (κ1) is 16.0. The van der Waals surface area contributed by atoms with Gasteiger partial charge in [-0.3, -0.25) is 0 Å². The lowest BCUT2D eigenvalue weighted by molar-refractivity contribution is 0.926. The van der Waals surface area contributed by atoms with Crippen molar-refractivity contribution in [2.24, 2.45) is 0 Å². The number of hydrogen-bond donors (Lipinski definition) is 0. The number of hydrogen-bond acceptors (Lipinski definition) is 1. The summed E-state index contributed by atoms with van der Waals surface area (Å²) in [4.78, 5) is 2.74. The maximum Gasteiger partial charge on any atom is 0.0374 e. The highest BCUT2D eigenvalue weighted by molar-refractivity contribution is 7.99. The summed E-state index contributed by atoms with van der Waals surface area (Å²) in [6.07, 6.45) is 0. The standard InChI is InChI=1S/C27H18S/c1-2-10-20(11-3-1)25-26-21-12-6-4-8-18(21)14-16-23(26)28-24-17-15-19-9-5-7-13-22(19)27(24)25/h1-17,25H. The Hall–Kier alpha value is -3.03. The zero-order chi connectivity index (χ0) is 18.5. The van der Waals surface area contributed by atoms with Crippen LogP contribution in [0.4, 0.5) is 0 Å². The van der Waals surface area contributed by atoms with Gasteiger partial charge in [-0.05, 0) is 50.4 Å². The molecule has 0 atom stereocenters. The maximum atomic E-state index is 2.30. The molecule has 0 saturated heterocycles. The molecule has 1 heteroatoms. The Kier molecular flexibility index (Phi) is 3.57. The van der Waals surface area contributed by atoms with Crippen molar-refractivity contribution in [2.75, 3.05) is 0 Å². The van der Waals surface area contributed by atoms with Crippen molar-refractivity contribution >= 4 is 33.3 Å². The SMILES string of the molecule is c1ccc(C2c3c(ccc4ccccc34)Sc3ccc4ccccc4c32)cc1. The van der Waals surface area contributed by atoms with Gasteiger partial charge in [0.15, 0.2) is 0 Å². The molecule has 0 amide bonds. The summed E-state index contributed by atoms with van der Waals surface area (Å²) in [6, 6.07) is 37.7. The minimum atomic E-state index is 0.240. The molecule has 1 aliphatic heterocycles. The van der Waals surface area contributed by atoms with E-state index in [2.05, 4.69) is 103 Å². The van der Waals surface area contributed by atoms with E-state index in [1.807, 2.05) is 11.8 Å². The second-order valence-corrected chi connectivity index (χ2v) is 8.43. The highest BCUT2D eigenvalue weighted by Crippen LogP contribution is 2.52. The largest absolute Gasteiger partial charge is 0.0894 e. The van der Waals surface area contributed by atoms with Gasteiger partial charge in [0.05, 0.1) is 0 Å². The average Bonchev–Trinajstić information content (AvgIpc) is 2.78. The second-order valence-electron chi connectivity index (χ2n) is 7.34. The van der Waals surface area contributed by atoms with E-state index in [1.54, 1.807) is 0 Å². The highest BCUT2D eigenvalue weighted by Gasteiger charge is 2.30. The molecular formula is C27H18S. The van der Waals surface area contributed by atoms with E-state index in [0.717, 1.165) is 0 Å². The summed E-state index contributed by atoms with van der Waals surface area (Å²) in [5, 5.41) is 5.35. The smallest absolute Gasteiger partial charge is 0.0374 e. The van der Waals surface area contributed by atoms with Crippen LogP contribution in [0.3, 0.4) is 0 Å². The Balaban J connectivity index is 1.77. The van der Waals surface area contributed by atoms with Crippen LogP contribution >= 0.6 is 11.8 Å². The highest BCUT2D eigenvalue weighted by atomic mass is 32.2. The maximum absolute atomic E-state index is 2.30. The lowest BCUT2D eigenvalue weighted by Crippen LogP contribution is -2.11. The predicted octanol–water partition coefficient (Wildman–Crippen LogP) is 7.64. The third-order valence-corrected chi connectivity index (χ3v) is 6.94. The average molecular weight is 375 g/mol. The zero-order valence-corrected chi connectivity index (χ0v) is 16.1. The van der Waals surface area contributed by atoms with E-state index in [9.17, 15) is 0 Å². The van der Waals surface area contributed by atoms with E-state index in [0.29, 0.717) is 0 Å². The zero-order valence-electron chi connectivity index (χ0n) is 15.3. The van der Waals surface area contributed by atoms with Crippen molar-refractivity contribution in [1.82, 2.24) is 0 Å². The number of fused-ring (bicyclic) bond motifs is 6. The fourth-order valence-electron chi connectivity index (χ4n) is 4.57. The van der Waals surface area contributed by atoms with Gasteiger partial charge in [0.25, 0.3) is 0 Å². The summed E-state index contributed by atoms with van der Waals surface area (Å²) in [5.41, 5.74) is 4.24. The van der Waals surface area contributed by atoms with Crippen molar-refractivity contribution in [3.8, 4) is 0 Å². The summed E-state index contributed by atoms with van der Waals surface area (Å²) in [5.74, 6) is 0.240. The fraction of sp³-hybridized carbons (Fsp3) is 0.0370. The predicted molar refractivity (Wildman–Crippen MR) is 119 cm³/mol. The molecule has 0 saturated carbocycles. The van der Waals surface area contributed by atoms with Crippen molar-refractivity contribution < 1.29 is 0 Å². The Morgan fingerprint density at radius 3 is 1.54 bits per heavy atom. The molecule has 0 nitrogen and oxygen atoms in total. The van der Waals surface area contributed by atoms with Crippen LogP contribution < -0.4 is 0 Å². The van der Waals surface area contributed by atoms with Crippen LogP contribution in [0.15, 0.2) is 113 Å². The molecule has 28 heavy (non-hydrogen) atoms. The molecule has 0 bridgehead atoms. The van der Waals surface area contributed by atoms with Crippen LogP contribution in [0.25, 0.3) is 21.5 Å². The molecule has 132 valence electrons. The molecule has 0 fully saturated rings. The first-order chi connectivity index (χ1) is 13.9. The van der Waals surface area contributed by atoms with E-state index in [4.69, 9.17) is 0 Å². The van der Waals surface area contributed by atoms with Crippen molar-refractivity contribution in [2.45, 2.75) is 15.7 Å². The summed E-state index contributed by atoms with van der Waals surface area (Å²) < 4.78 is 0. The van der Waals surface area contributed by atoms with Gasteiger partial charge in [0, 0.05) is 15.7 Å². The lowest BCUT2D eigenvalue weighted by Gasteiger charge is -2.31. The Morgan fingerprint density at radius 1 is 0.464 bits per heavy atom. The molecule has 5 aromatic rings. The molecule has 0 radical (unpaired) electrons. The van der Waals surface area contributed by atoms with E-state index in [-0.39, 0.29) is 5.92 Å². The van der Waals surface area contributed by atoms with Crippen LogP contribution in [0.2, 0.25) is 0 Å². The van der Waals surface area contributed by atoms with Crippen molar-refractivity contribution in [1.29, 1.82) is 0 Å². The van der Waals surface area contributed by atoms with Gasteiger partial charge >= 0.3 is 0 Å². The topological polar surface area (TPSA) is 0 Å². The quantitative estimate of drug-likeness (QED) is 0.285. The molecule has 0 aliphatic carbocycles. The van der Waals surface area contributed by atoms with E-state index < -0.39 is 0 Å². The van der Waals surface area contributed by atoms with Crippen LogP contribution in [0.1, 0.15) is 22.6 Å². The van der Waals surface area contributed by atoms with Crippen LogP contribution in [0, 0.1) is 0 Å². The van der Waals surface area contributed by atoms with Gasteiger partial charge in [0.1, 0.15) is 0 Å². The Bertz CT molecular complexity index is 1250. The first-order valence-electron chi connectivity index (χ1n) is 9.66. The van der Waals surface area contributed by atoms with Gasteiger partial charge in [0.2, 0.25) is 0 Å². The van der Waals surface area contributed by atoms with Crippen LogP contribution in [-0.4, -0.2) is 0 Å². The molecule has 0 unspecified atom stereocenters. The normalized spacial score (nSPS) is 13.4. The van der Waals surface area contributed by atoms with Gasteiger partial charge in [-0.15, -0.1) is 0 Å². The molecule has 5 aromatic carbocycles. The summed E-state index contributed by atoms with van der Waals surface area (Å²) in [7, 11) is 0. The second kappa shape index (κ2) is 6.25. The summed E-state index contributed by atoms with van der Waals surface area (Å²) >= 11 is 1.91. The van der Waals surface area contributed by atoms with E-state index in [1.165, 1.54) is 48.0 Å². The lowest BCUT2D eigenvalue weighted by atomic mass is 9.80. The van der Waals surface area contributed by atoms with Crippen molar-refractivity contribution in [3.63, 3.8) is 0 Å². The first-order valence-corrected chi connectivity index (χ1v) is 10.5. The van der Waals surface area contributed by atoms with Crippen LogP contribution in [-0.2, 0) is 0 Å². The third-order valence-electron chi connectivity index (χ3n) is 5.79. The molecule has 0 spiro atoms. The molecule has 0 N–H and O–H groups in total. The summed E-state index contributed by atoms with van der Waals surface area (Å²) in [6.45, 7) is 0. The fourth-order valence-corrected chi connectivity index (χ4v) is 5.75. The van der Waals surface area contributed by atoms with Gasteiger partial charge in [-0.2, -0.15) is 0 Å². The Labute approximate surface area is 168 Å². The van der Waals surface area contributed by atoms with Gasteiger partial charge in [-0.25, -0.2) is 0 Å². The minimum absolute atomic E-state index is 0.240. The molecule has 6 rings (SSSR count). The van der Waals surface area contributed by atoms with Gasteiger partial charge in [-0.1, -0.05) is 103 Å².